The van der Waals surface area contributed by atoms with Crippen molar-refractivity contribution in [2.45, 2.75) is 18.3 Å². The smallest absolute Gasteiger partial charge is 0.0960 e. The lowest BCUT2D eigenvalue weighted by molar-refractivity contribution is 0.648. The zero-order valence-corrected chi connectivity index (χ0v) is 11.9. The summed E-state index contributed by atoms with van der Waals surface area (Å²) in [6, 6.07) is 8.12. The Hall–Kier alpha value is -0.680. The highest BCUT2D eigenvalue weighted by atomic mass is 79.9. The maximum atomic E-state index is 4.09. The summed E-state index contributed by atoms with van der Waals surface area (Å²) >= 11 is 6.99. The van der Waals surface area contributed by atoms with Crippen molar-refractivity contribution in [2.24, 2.45) is 0 Å². The van der Waals surface area contributed by atoms with E-state index >= 15 is 0 Å². The van der Waals surface area contributed by atoms with Crippen LogP contribution in [0.4, 0.5) is 0 Å². The molecule has 84 valence electrons. The van der Waals surface area contributed by atoms with Gasteiger partial charge in [0.2, 0.25) is 0 Å². The SMILES string of the molecule is CC(Br)c1cn(Cc2ccccc2Br)nn1. The fraction of sp³-hybridized carbons (Fsp3) is 0.273. The standard InChI is InChI=1S/C11H11Br2N3/c1-8(12)11-7-16(15-14-11)6-9-4-2-3-5-10(9)13/h2-5,7-8H,6H2,1H3. The zero-order valence-electron chi connectivity index (χ0n) is 8.77. The molecule has 16 heavy (non-hydrogen) atoms. The van der Waals surface area contributed by atoms with Crippen LogP contribution in [0.25, 0.3) is 0 Å². The van der Waals surface area contributed by atoms with E-state index in [1.54, 1.807) is 0 Å². The van der Waals surface area contributed by atoms with Crippen LogP contribution in [0.3, 0.4) is 0 Å². The molecule has 0 aliphatic carbocycles. The molecule has 0 amide bonds. The number of rotatable bonds is 3. The monoisotopic (exact) mass is 343 g/mol. The highest BCUT2D eigenvalue weighted by Crippen LogP contribution is 2.20. The molecule has 3 nitrogen and oxygen atoms in total. The first kappa shape index (κ1) is 11.8. The van der Waals surface area contributed by atoms with E-state index in [0.29, 0.717) is 0 Å². The summed E-state index contributed by atoms with van der Waals surface area (Å²) < 4.78 is 2.94. The van der Waals surface area contributed by atoms with Crippen molar-refractivity contribution in [1.82, 2.24) is 15.0 Å². The number of benzene rings is 1. The first-order valence-corrected chi connectivity index (χ1v) is 6.65. The summed E-state index contributed by atoms with van der Waals surface area (Å²) in [5.74, 6) is 0. The second-order valence-corrected chi connectivity index (χ2v) is 5.78. The number of hydrogen-bond donors (Lipinski definition) is 0. The molecule has 0 saturated carbocycles. The second kappa shape index (κ2) is 5.10. The molecule has 1 aromatic carbocycles. The fourth-order valence-corrected chi connectivity index (χ4v) is 1.99. The summed E-state index contributed by atoms with van der Waals surface area (Å²) in [5.41, 5.74) is 2.15. The first-order valence-electron chi connectivity index (χ1n) is 4.94. The van der Waals surface area contributed by atoms with Gasteiger partial charge in [0.1, 0.15) is 0 Å². The molecule has 0 spiro atoms. The lowest BCUT2D eigenvalue weighted by Gasteiger charge is -2.03. The average molecular weight is 345 g/mol. The van der Waals surface area contributed by atoms with Gasteiger partial charge < -0.3 is 0 Å². The molecule has 0 aliphatic heterocycles. The minimum absolute atomic E-state index is 0.237. The van der Waals surface area contributed by atoms with Gasteiger partial charge in [-0.25, -0.2) is 4.68 Å². The fourth-order valence-electron chi connectivity index (χ4n) is 1.37. The van der Waals surface area contributed by atoms with E-state index in [4.69, 9.17) is 0 Å². The van der Waals surface area contributed by atoms with Crippen LogP contribution in [-0.2, 0) is 6.54 Å². The largest absolute Gasteiger partial charge is 0.248 e. The molecule has 5 heteroatoms. The molecular formula is C11H11Br2N3. The Balaban J connectivity index is 2.18. The van der Waals surface area contributed by atoms with Crippen LogP contribution in [0.2, 0.25) is 0 Å². The third kappa shape index (κ3) is 2.71. The van der Waals surface area contributed by atoms with Crippen molar-refractivity contribution < 1.29 is 0 Å². The van der Waals surface area contributed by atoms with Gasteiger partial charge in [0.25, 0.3) is 0 Å². The highest BCUT2D eigenvalue weighted by Gasteiger charge is 2.07. The van der Waals surface area contributed by atoms with Gasteiger partial charge in [-0.15, -0.1) is 5.10 Å². The molecule has 0 bridgehead atoms. The maximum absolute atomic E-state index is 4.09. The van der Waals surface area contributed by atoms with Crippen molar-refractivity contribution in [3.63, 3.8) is 0 Å². The van der Waals surface area contributed by atoms with Crippen LogP contribution in [0.5, 0.6) is 0 Å². The van der Waals surface area contributed by atoms with E-state index in [1.165, 1.54) is 5.56 Å². The highest BCUT2D eigenvalue weighted by molar-refractivity contribution is 9.10. The van der Waals surface area contributed by atoms with E-state index < -0.39 is 0 Å². The van der Waals surface area contributed by atoms with Gasteiger partial charge in [0.15, 0.2) is 0 Å². The molecule has 0 fully saturated rings. The van der Waals surface area contributed by atoms with Crippen molar-refractivity contribution >= 4 is 31.9 Å². The molecule has 1 aromatic heterocycles. The van der Waals surface area contributed by atoms with Crippen LogP contribution in [-0.4, -0.2) is 15.0 Å². The summed E-state index contributed by atoms with van der Waals surface area (Å²) in [6.07, 6.45) is 1.96. The second-order valence-electron chi connectivity index (χ2n) is 3.55. The Morgan fingerprint density at radius 2 is 2.12 bits per heavy atom. The topological polar surface area (TPSA) is 30.7 Å². The molecule has 0 N–H and O–H groups in total. The Morgan fingerprint density at radius 3 is 2.75 bits per heavy atom. The molecule has 2 aromatic rings. The molecule has 1 heterocycles. The third-order valence-electron chi connectivity index (χ3n) is 2.25. The lowest BCUT2D eigenvalue weighted by Crippen LogP contribution is -2.00. The molecule has 0 saturated heterocycles. The van der Waals surface area contributed by atoms with E-state index in [-0.39, 0.29) is 4.83 Å². The van der Waals surface area contributed by atoms with Crippen LogP contribution in [0, 0.1) is 0 Å². The van der Waals surface area contributed by atoms with Gasteiger partial charge in [0, 0.05) is 10.7 Å². The van der Waals surface area contributed by atoms with Gasteiger partial charge in [-0.05, 0) is 18.6 Å². The van der Waals surface area contributed by atoms with Crippen LogP contribution < -0.4 is 0 Å². The Labute approximate surface area is 111 Å². The van der Waals surface area contributed by atoms with Gasteiger partial charge in [-0.1, -0.05) is 55.3 Å². The van der Waals surface area contributed by atoms with Crippen molar-refractivity contribution in [1.29, 1.82) is 0 Å². The molecule has 0 aliphatic rings. The van der Waals surface area contributed by atoms with E-state index in [2.05, 4.69) is 48.2 Å². The average Bonchev–Trinajstić information content (AvgIpc) is 2.70. The number of nitrogens with zero attached hydrogens (tertiary/aromatic N) is 3. The minimum Gasteiger partial charge on any atom is -0.248 e. The predicted molar refractivity (Wildman–Crippen MR) is 70.6 cm³/mol. The number of hydrogen-bond acceptors (Lipinski definition) is 2. The lowest BCUT2D eigenvalue weighted by atomic mass is 10.2. The zero-order chi connectivity index (χ0) is 11.5. The van der Waals surface area contributed by atoms with Crippen molar-refractivity contribution in [2.75, 3.05) is 0 Å². The third-order valence-corrected chi connectivity index (χ3v) is 3.50. The number of aromatic nitrogens is 3. The van der Waals surface area contributed by atoms with Crippen LogP contribution >= 0.6 is 31.9 Å². The van der Waals surface area contributed by atoms with Crippen molar-refractivity contribution in [3.8, 4) is 0 Å². The van der Waals surface area contributed by atoms with E-state index in [1.807, 2.05) is 36.0 Å². The normalized spacial score (nSPS) is 12.7. The Morgan fingerprint density at radius 1 is 1.38 bits per heavy atom. The number of halogens is 2. The molecular weight excluding hydrogens is 334 g/mol. The van der Waals surface area contributed by atoms with E-state index in [9.17, 15) is 0 Å². The van der Waals surface area contributed by atoms with Crippen molar-refractivity contribution in [3.05, 3.63) is 46.2 Å². The minimum atomic E-state index is 0.237. The quantitative estimate of drug-likeness (QED) is 0.797. The molecule has 1 unspecified atom stereocenters. The van der Waals surface area contributed by atoms with Crippen LogP contribution in [0.1, 0.15) is 23.0 Å². The van der Waals surface area contributed by atoms with Gasteiger partial charge in [-0.3, -0.25) is 0 Å². The number of alkyl halides is 1. The van der Waals surface area contributed by atoms with Gasteiger partial charge in [-0.2, -0.15) is 0 Å². The summed E-state index contributed by atoms with van der Waals surface area (Å²) in [4.78, 5) is 0.237. The van der Waals surface area contributed by atoms with Crippen LogP contribution in [0.15, 0.2) is 34.9 Å². The first-order chi connectivity index (χ1) is 7.66. The maximum Gasteiger partial charge on any atom is 0.0960 e. The van der Waals surface area contributed by atoms with E-state index in [0.717, 1.165) is 16.7 Å². The molecule has 0 radical (unpaired) electrons. The molecule has 1 atom stereocenters. The van der Waals surface area contributed by atoms with Gasteiger partial charge in [0.05, 0.1) is 17.1 Å². The molecule has 2 rings (SSSR count). The Bertz CT molecular complexity index is 480. The van der Waals surface area contributed by atoms with Gasteiger partial charge >= 0.3 is 0 Å². The summed E-state index contributed by atoms with van der Waals surface area (Å²) in [6.45, 7) is 2.76. The summed E-state index contributed by atoms with van der Waals surface area (Å²) in [7, 11) is 0. The summed E-state index contributed by atoms with van der Waals surface area (Å²) in [5, 5.41) is 8.18. The Kier molecular flexibility index (Phi) is 3.76. The predicted octanol–water partition coefficient (Wildman–Crippen LogP) is 3.54.